The standard InChI is InChI=1S/C13H21NO2.C11H18N2O/c1-3-5-6-7-11-8-9-12(14-11)10-13(15)16-4-2;1-2-3-4-5-9-6-7-10(13-9)8-11(12)14/h8-9,14H,3-7,10H2,1-2H3;6-7,13H,2-5,8H2,1H3,(H2,12,14). The van der Waals surface area contributed by atoms with Gasteiger partial charge in [0.05, 0.1) is 19.4 Å². The molecule has 0 aliphatic carbocycles. The first-order chi connectivity index (χ1) is 14.5. The van der Waals surface area contributed by atoms with Gasteiger partial charge in [0.1, 0.15) is 0 Å². The van der Waals surface area contributed by atoms with Gasteiger partial charge in [-0.3, -0.25) is 9.59 Å². The lowest BCUT2D eigenvalue weighted by atomic mass is 10.2. The van der Waals surface area contributed by atoms with E-state index in [1.807, 2.05) is 25.1 Å². The van der Waals surface area contributed by atoms with Gasteiger partial charge < -0.3 is 20.4 Å². The molecular weight excluding hydrogens is 378 g/mol. The SMILES string of the molecule is CCCCCc1ccc(CC(=O)OCC)[nH]1.CCCCCc1ccc(CC(N)=O)[nH]1. The lowest BCUT2D eigenvalue weighted by molar-refractivity contribution is -0.142. The van der Waals surface area contributed by atoms with Crippen LogP contribution in [0.1, 0.15) is 82.1 Å². The average Bonchev–Trinajstić information content (AvgIpc) is 3.32. The molecule has 6 heteroatoms. The number of nitrogens with one attached hydrogen (secondary N) is 2. The summed E-state index contributed by atoms with van der Waals surface area (Å²) in [5, 5.41) is 0. The third kappa shape index (κ3) is 11.5. The first kappa shape index (κ1) is 25.5. The van der Waals surface area contributed by atoms with Crippen molar-refractivity contribution in [2.24, 2.45) is 5.73 Å². The predicted octanol–water partition coefficient (Wildman–Crippen LogP) is 4.63. The lowest BCUT2D eigenvalue weighted by Crippen LogP contribution is -2.13. The van der Waals surface area contributed by atoms with Gasteiger partial charge in [0.15, 0.2) is 0 Å². The molecule has 0 aromatic carbocycles. The van der Waals surface area contributed by atoms with Crippen LogP contribution in [0.4, 0.5) is 0 Å². The van der Waals surface area contributed by atoms with Gasteiger partial charge in [-0.2, -0.15) is 0 Å². The Kier molecular flexibility index (Phi) is 13.1. The second-order valence-electron chi connectivity index (χ2n) is 7.56. The molecule has 0 radical (unpaired) electrons. The van der Waals surface area contributed by atoms with E-state index in [0.29, 0.717) is 19.4 Å². The number of esters is 1. The number of carbonyl (C=O) groups excluding carboxylic acids is 2. The molecule has 0 spiro atoms. The van der Waals surface area contributed by atoms with Gasteiger partial charge in [-0.15, -0.1) is 0 Å². The van der Waals surface area contributed by atoms with E-state index in [1.165, 1.54) is 49.9 Å². The molecule has 0 saturated carbocycles. The van der Waals surface area contributed by atoms with Gasteiger partial charge in [0, 0.05) is 22.8 Å². The fourth-order valence-corrected chi connectivity index (χ4v) is 3.17. The number of amides is 1. The number of nitrogens with two attached hydrogens (primary N) is 1. The molecule has 1 amide bonds. The average molecular weight is 418 g/mol. The molecule has 0 unspecified atom stereocenters. The summed E-state index contributed by atoms with van der Waals surface area (Å²) in [4.78, 5) is 28.3. The van der Waals surface area contributed by atoms with Crippen molar-refractivity contribution in [2.75, 3.05) is 6.61 Å². The van der Waals surface area contributed by atoms with E-state index in [4.69, 9.17) is 10.5 Å². The second-order valence-corrected chi connectivity index (χ2v) is 7.56. The molecule has 0 saturated heterocycles. The summed E-state index contributed by atoms with van der Waals surface area (Å²) >= 11 is 0. The molecule has 2 aromatic rings. The second kappa shape index (κ2) is 15.4. The van der Waals surface area contributed by atoms with Crippen LogP contribution in [0.3, 0.4) is 0 Å². The summed E-state index contributed by atoms with van der Waals surface area (Å²) in [5.41, 5.74) is 9.38. The highest BCUT2D eigenvalue weighted by Crippen LogP contribution is 2.09. The molecule has 2 rings (SSSR count). The van der Waals surface area contributed by atoms with E-state index < -0.39 is 0 Å². The monoisotopic (exact) mass is 417 g/mol. The van der Waals surface area contributed by atoms with Crippen molar-refractivity contribution < 1.29 is 14.3 Å². The van der Waals surface area contributed by atoms with Crippen molar-refractivity contribution in [2.45, 2.75) is 85.0 Å². The van der Waals surface area contributed by atoms with Crippen molar-refractivity contribution in [3.63, 3.8) is 0 Å². The topological polar surface area (TPSA) is 101 Å². The number of hydrogen-bond donors (Lipinski definition) is 3. The van der Waals surface area contributed by atoms with E-state index >= 15 is 0 Å². The number of H-pyrrole nitrogens is 2. The van der Waals surface area contributed by atoms with Crippen LogP contribution in [-0.4, -0.2) is 28.5 Å². The maximum absolute atomic E-state index is 11.2. The summed E-state index contributed by atoms with van der Waals surface area (Å²) in [5.74, 6) is -0.448. The number of carbonyl (C=O) groups is 2. The molecule has 0 bridgehead atoms. The Labute approximate surface area is 181 Å². The molecule has 2 heterocycles. The Morgan fingerprint density at radius 3 is 1.67 bits per heavy atom. The Bertz CT molecular complexity index is 734. The Morgan fingerprint density at radius 2 is 1.23 bits per heavy atom. The van der Waals surface area contributed by atoms with Crippen molar-refractivity contribution in [3.8, 4) is 0 Å². The van der Waals surface area contributed by atoms with Crippen molar-refractivity contribution >= 4 is 11.9 Å². The zero-order valence-corrected chi connectivity index (χ0v) is 18.9. The number of primary amides is 1. The molecule has 0 aliphatic heterocycles. The predicted molar refractivity (Wildman–Crippen MR) is 121 cm³/mol. The van der Waals surface area contributed by atoms with Crippen LogP contribution in [0.2, 0.25) is 0 Å². The highest BCUT2D eigenvalue weighted by Gasteiger charge is 2.06. The maximum Gasteiger partial charge on any atom is 0.311 e. The van der Waals surface area contributed by atoms with Crippen molar-refractivity contribution in [3.05, 3.63) is 47.0 Å². The smallest absolute Gasteiger partial charge is 0.311 e. The lowest BCUT2D eigenvalue weighted by Gasteiger charge is -2.00. The number of hydrogen-bond acceptors (Lipinski definition) is 3. The number of unbranched alkanes of at least 4 members (excludes halogenated alkanes) is 4. The van der Waals surface area contributed by atoms with Gasteiger partial charge in [0.2, 0.25) is 5.91 Å². The van der Waals surface area contributed by atoms with E-state index in [1.54, 1.807) is 0 Å². The largest absolute Gasteiger partial charge is 0.466 e. The molecule has 0 fully saturated rings. The zero-order valence-electron chi connectivity index (χ0n) is 18.9. The third-order valence-corrected chi connectivity index (χ3v) is 4.72. The van der Waals surface area contributed by atoms with Crippen LogP contribution in [0.5, 0.6) is 0 Å². The minimum Gasteiger partial charge on any atom is -0.466 e. The number of aromatic nitrogens is 2. The molecule has 0 aliphatic rings. The molecule has 0 atom stereocenters. The van der Waals surface area contributed by atoms with E-state index in [0.717, 1.165) is 24.2 Å². The van der Waals surface area contributed by atoms with Crippen LogP contribution < -0.4 is 5.73 Å². The summed E-state index contributed by atoms with van der Waals surface area (Å²) in [7, 11) is 0. The third-order valence-electron chi connectivity index (χ3n) is 4.72. The first-order valence-corrected chi connectivity index (χ1v) is 11.3. The highest BCUT2D eigenvalue weighted by molar-refractivity contribution is 5.76. The van der Waals surface area contributed by atoms with E-state index in [9.17, 15) is 9.59 Å². The number of rotatable bonds is 13. The normalized spacial score (nSPS) is 10.4. The minimum absolute atomic E-state index is 0.163. The molecule has 30 heavy (non-hydrogen) atoms. The fourth-order valence-electron chi connectivity index (χ4n) is 3.17. The van der Waals surface area contributed by atoms with Crippen LogP contribution >= 0.6 is 0 Å². The van der Waals surface area contributed by atoms with E-state index in [-0.39, 0.29) is 11.9 Å². The molecular formula is C24H39N3O3. The van der Waals surface area contributed by atoms with Crippen molar-refractivity contribution in [1.82, 2.24) is 9.97 Å². The zero-order chi connectivity index (χ0) is 22.2. The quantitative estimate of drug-likeness (QED) is 0.327. The molecule has 4 N–H and O–H groups in total. The van der Waals surface area contributed by atoms with Gasteiger partial charge in [-0.25, -0.2) is 0 Å². The number of aryl methyl sites for hydroxylation is 2. The van der Waals surface area contributed by atoms with Crippen LogP contribution in [-0.2, 0) is 40.0 Å². The minimum atomic E-state index is -0.285. The Hall–Kier alpha value is -2.50. The molecule has 168 valence electrons. The summed E-state index contributed by atoms with van der Waals surface area (Å²) in [6, 6.07) is 8.00. The number of aromatic amines is 2. The Balaban J connectivity index is 0.000000303. The van der Waals surface area contributed by atoms with Crippen LogP contribution in [0.15, 0.2) is 24.3 Å². The number of ether oxygens (including phenoxy) is 1. The Morgan fingerprint density at radius 1 is 0.767 bits per heavy atom. The maximum atomic E-state index is 11.2. The van der Waals surface area contributed by atoms with Gasteiger partial charge in [-0.05, 0) is 56.9 Å². The summed E-state index contributed by atoms with van der Waals surface area (Å²) in [6.07, 6.45) is 10.2. The first-order valence-electron chi connectivity index (χ1n) is 11.3. The van der Waals surface area contributed by atoms with Gasteiger partial charge in [-0.1, -0.05) is 39.5 Å². The van der Waals surface area contributed by atoms with Gasteiger partial charge >= 0.3 is 5.97 Å². The molecule has 2 aromatic heterocycles. The van der Waals surface area contributed by atoms with Crippen LogP contribution in [0.25, 0.3) is 0 Å². The fraction of sp³-hybridized carbons (Fsp3) is 0.583. The van der Waals surface area contributed by atoms with Gasteiger partial charge in [0.25, 0.3) is 0 Å². The highest BCUT2D eigenvalue weighted by atomic mass is 16.5. The summed E-state index contributed by atoms with van der Waals surface area (Å²) < 4.78 is 4.89. The summed E-state index contributed by atoms with van der Waals surface area (Å²) in [6.45, 7) is 6.65. The van der Waals surface area contributed by atoms with Crippen molar-refractivity contribution in [1.29, 1.82) is 0 Å². The van der Waals surface area contributed by atoms with Crippen LogP contribution in [0, 0.1) is 0 Å². The van der Waals surface area contributed by atoms with E-state index in [2.05, 4.69) is 29.9 Å². The molecule has 6 nitrogen and oxygen atoms in total.